The van der Waals surface area contributed by atoms with Crippen LogP contribution in [0.4, 0.5) is 5.69 Å². The van der Waals surface area contributed by atoms with Crippen LogP contribution in [0.1, 0.15) is 35.7 Å². The normalized spacial score (nSPS) is 10.2. The molecule has 8 heteroatoms. The Hall–Kier alpha value is -3.42. The summed E-state index contributed by atoms with van der Waals surface area (Å²) < 4.78 is 10.6. The van der Waals surface area contributed by atoms with E-state index in [1.54, 1.807) is 24.3 Å². The van der Waals surface area contributed by atoms with Crippen molar-refractivity contribution in [1.82, 2.24) is 5.32 Å². The molecule has 0 bridgehead atoms. The molecule has 2 aromatic carbocycles. The third-order valence-corrected chi connectivity index (χ3v) is 3.82. The van der Waals surface area contributed by atoms with Crippen LogP contribution in [0.2, 0.25) is 0 Å². The molecule has 0 aliphatic heterocycles. The Morgan fingerprint density at radius 2 is 1.75 bits per heavy atom. The fourth-order valence-corrected chi connectivity index (χ4v) is 2.22. The van der Waals surface area contributed by atoms with Crippen LogP contribution in [0.3, 0.4) is 0 Å². The topological polar surface area (TPSA) is 108 Å². The molecule has 1 N–H and O–H groups in total. The average Bonchev–Trinajstić information content (AvgIpc) is 2.71. The molecule has 2 aromatic rings. The van der Waals surface area contributed by atoms with E-state index in [0.717, 1.165) is 12.8 Å². The number of unbranched alkanes of at least 4 members (excludes halogenated alkanes) is 1. The van der Waals surface area contributed by atoms with E-state index in [4.69, 9.17) is 9.47 Å². The Kier molecular flexibility index (Phi) is 7.95. The van der Waals surface area contributed by atoms with Crippen LogP contribution in [0.5, 0.6) is 5.75 Å². The predicted molar refractivity (Wildman–Crippen MR) is 102 cm³/mol. The van der Waals surface area contributed by atoms with E-state index in [-0.39, 0.29) is 18.8 Å². The van der Waals surface area contributed by atoms with Gasteiger partial charge in [-0.25, -0.2) is 0 Å². The summed E-state index contributed by atoms with van der Waals surface area (Å²) in [5.74, 6) is -0.314. The number of carbonyl (C=O) groups excluding carboxylic acids is 2. The summed E-state index contributed by atoms with van der Waals surface area (Å²) in [7, 11) is 0. The van der Waals surface area contributed by atoms with E-state index < -0.39 is 16.8 Å². The molecule has 0 spiro atoms. The molecule has 0 aromatic heterocycles. The number of nitrogens with zero attached hydrogens (tertiary/aromatic N) is 1. The number of hydrogen-bond donors (Lipinski definition) is 1. The van der Waals surface area contributed by atoms with Gasteiger partial charge in [-0.2, -0.15) is 0 Å². The summed E-state index contributed by atoms with van der Waals surface area (Å²) in [6.07, 6.45) is 2.00. The first-order chi connectivity index (χ1) is 13.5. The molecular weight excluding hydrogens is 364 g/mol. The van der Waals surface area contributed by atoms with Gasteiger partial charge in [0.05, 0.1) is 11.5 Å². The van der Waals surface area contributed by atoms with E-state index in [1.807, 2.05) is 0 Å². The number of esters is 1. The fraction of sp³-hybridized carbons (Fsp3) is 0.300. The van der Waals surface area contributed by atoms with Crippen LogP contribution in [0.15, 0.2) is 48.5 Å². The lowest BCUT2D eigenvalue weighted by atomic mass is 10.2. The maximum Gasteiger partial charge on any atom is 0.325 e. The van der Waals surface area contributed by atoms with Gasteiger partial charge in [0.25, 0.3) is 11.6 Å². The molecule has 28 heavy (non-hydrogen) atoms. The zero-order chi connectivity index (χ0) is 20.4. The largest absolute Gasteiger partial charge is 0.494 e. The molecule has 2 rings (SSSR count). The van der Waals surface area contributed by atoms with Gasteiger partial charge in [0.15, 0.2) is 0 Å². The van der Waals surface area contributed by atoms with Crippen molar-refractivity contribution in [1.29, 1.82) is 0 Å². The molecule has 0 aliphatic rings. The van der Waals surface area contributed by atoms with Gasteiger partial charge in [0.2, 0.25) is 0 Å². The monoisotopic (exact) mass is 386 g/mol. The van der Waals surface area contributed by atoms with Gasteiger partial charge in [-0.15, -0.1) is 0 Å². The van der Waals surface area contributed by atoms with Crippen LogP contribution < -0.4 is 10.1 Å². The Morgan fingerprint density at radius 1 is 1.07 bits per heavy atom. The summed E-state index contributed by atoms with van der Waals surface area (Å²) in [4.78, 5) is 33.9. The Balaban J connectivity index is 1.74. The first kappa shape index (κ1) is 20.9. The predicted octanol–water partition coefficient (Wildman–Crippen LogP) is 3.25. The molecule has 0 saturated heterocycles. The van der Waals surface area contributed by atoms with Gasteiger partial charge >= 0.3 is 5.97 Å². The molecule has 0 unspecified atom stereocenters. The number of hydrogen-bond acceptors (Lipinski definition) is 6. The minimum absolute atomic E-state index is 0.0313. The minimum atomic E-state index is -0.605. The molecular formula is C20H22N2O6. The highest BCUT2D eigenvalue weighted by Gasteiger charge is 2.10. The molecule has 1 amide bonds. The number of amides is 1. The second-order valence-corrected chi connectivity index (χ2v) is 5.99. The number of carbonyl (C=O) groups is 2. The lowest BCUT2D eigenvalue weighted by molar-refractivity contribution is -0.384. The average molecular weight is 386 g/mol. The quantitative estimate of drug-likeness (QED) is 0.291. The second kappa shape index (κ2) is 10.7. The third kappa shape index (κ3) is 6.71. The zero-order valence-electron chi connectivity index (χ0n) is 15.6. The van der Waals surface area contributed by atoms with E-state index in [9.17, 15) is 19.7 Å². The highest BCUT2D eigenvalue weighted by atomic mass is 16.6. The summed E-state index contributed by atoms with van der Waals surface area (Å²) in [6.45, 7) is 2.40. The molecule has 0 fully saturated rings. The minimum Gasteiger partial charge on any atom is -0.494 e. The first-order valence-corrected chi connectivity index (χ1v) is 8.89. The lowest BCUT2D eigenvalue weighted by Gasteiger charge is -2.08. The number of ether oxygens (including phenoxy) is 2. The number of rotatable bonds is 10. The van der Waals surface area contributed by atoms with Crippen molar-refractivity contribution in [3.05, 3.63) is 69.8 Å². The van der Waals surface area contributed by atoms with Crippen molar-refractivity contribution in [2.75, 3.05) is 13.2 Å². The van der Waals surface area contributed by atoms with Gasteiger partial charge in [-0.05, 0) is 48.4 Å². The van der Waals surface area contributed by atoms with Crippen molar-refractivity contribution in [3.8, 4) is 5.75 Å². The van der Waals surface area contributed by atoms with Crippen LogP contribution in [-0.2, 0) is 16.1 Å². The first-order valence-electron chi connectivity index (χ1n) is 8.89. The smallest absolute Gasteiger partial charge is 0.325 e. The number of nitro groups is 1. The zero-order valence-corrected chi connectivity index (χ0v) is 15.6. The number of benzene rings is 2. The lowest BCUT2D eigenvalue weighted by Crippen LogP contribution is -2.30. The van der Waals surface area contributed by atoms with Crippen LogP contribution >= 0.6 is 0 Å². The Labute approximate surface area is 162 Å². The molecule has 0 heterocycles. The van der Waals surface area contributed by atoms with E-state index in [0.29, 0.717) is 23.5 Å². The fourth-order valence-electron chi connectivity index (χ4n) is 2.22. The third-order valence-electron chi connectivity index (χ3n) is 3.82. The standard InChI is InChI=1S/C20H22N2O6/c1-2-3-12-27-18-10-6-16(7-11-18)20(24)21-13-19(23)28-14-15-4-8-17(9-5-15)22(25)26/h4-11H,2-3,12-14H2,1H3,(H,21,24). The van der Waals surface area contributed by atoms with Gasteiger partial charge in [0.1, 0.15) is 18.9 Å². The van der Waals surface area contributed by atoms with Crippen LogP contribution in [-0.4, -0.2) is 30.0 Å². The summed E-state index contributed by atoms with van der Waals surface area (Å²) in [6, 6.07) is 12.3. The number of nitro benzene ring substituents is 1. The summed E-state index contributed by atoms with van der Waals surface area (Å²) in [5, 5.41) is 13.1. The highest BCUT2D eigenvalue weighted by molar-refractivity contribution is 5.96. The van der Waals surface area contributed by atoms with Gasteiger partial charge in [-0.1, -0.05) is 13.3 Å². The molecule has 0 saturated carbocycles. The Bertz CT molecular complexity index is 802. The van der Waals surface area contributed by atoms with Crippen molar-refractivity contribution in [2.45, 2.75) is 26.4 Å². The van der Waals surface area contributed by atoms with Crippen molar-refractivity contribution < 1.29 is 24.0 Å². The van der Waals surface area contributed by atoms with E-state index >= 15 is 0 Å². The van der Waals surface area contributed by atoms with Crippen LogP contribution in [0.25, 0.3) is 0 Å². The van der Waals surface area contributed by atoms with Gasteiger partial charge in [-0.3, -0.25) is 19.7 Å². The van der Waals surface area contributed by atoms with Gasteiger partial charge in [0, 0.05) is 17.7 Å². The molecule has 8 nitrogen and oxygen atoms in total. The molecule has 148 valence electrons. The second-order valence-electron chi connectivity index (χ2n) is 5.99. The summed E-state index contributed by atoms with van der Waals surface area (Å²) in [5.41, 5.74) is 0.985. The molecule has 0 radical (unpaired) electrons. The SMILES string of the molecule is CCCCOc1ccc(C(=O)NCC(=O)OCc2ccc([N+](=O)[O-])cc2)cc1. The number of non-ortho nitro benzene ring substituents is 1. The maximum atomic E-state index is 12.1. The summed E-state index contributed by atoms with van der Waals surface area (Å²) >= 11 is 0. The van der Waals surface area contributed by atoms with Crippen molar-refractivity contribution in [2.24, 2.45) is 0 Å². The molecule has 0 atom stereocenters. The van der Waals surface area contributed by atoms with Crippen molar-refractivity contribution >= 4 is 17.6 Å². The Morgan fingerprint density at radius 3 is 2.36 bits per heavy atom. The van der Waals surface area contributed by atoms with Crippen LogP contribution in [0, 0.1) is 10.1 Å². The maximum absolute atomic E-state index is 12.1. The van der Waals surface area contributed by atoms with Crippen molar-refractivity contribution in [3.63, 3.8) is 0 Å². The van der Waals surface area contributed by atoms with E-state index in [1.165, 1.54) is 24.3 Å². The molecule has 0 aliphatic carbocycles. The highest BCUT2D eigenvalue weighted by Crippen LogP contribution is 2.13. The number of nitrogens with one attached hydrogen (secondary N) is 1. The van der Waals surface area contributed by atoms with Gasteiger partial charge < -0.3 is 14.8 Å². The van der Waals surface area contributed by atoms with E-state index in [2.05, 4.69) is 12.2 Å².